The fourth-order valence-electron chi connectivity index (χ4n) is 1.44. The van der Waals surface area contributed by atoms with Crippen LogP contribution in [0.25, 0.3) is 0 Å². The minimum atomic E-state index is -0.559. The summed E-state index contributed by atoms with van der Waals surface area (Å²) in [6.07, 6.45) is 0.216. The first-order chi connectivity index (χ1) is 8.90. The molecule has 0 aliphatic heterocycles. The van der Waals surface area contributed by atoms with Crippen molar-refractivity contribution in [1.82, 2.24) is 5.32 Å². The third kappa shape index (κ3) is 5.40. The van der Waals surface area contributed by atoms with Gasteiger partial charge in [0.15, 0.2) is 0 Å². The number of benzene rings is 1. The van der Waals surface area contributed by atoms with E-state index in [0.29, 0.717) is 0 Å². The van der Waals surface area contributed by atoms with Gasteiger partial charge in [0.1, 0.15) is 0 Å². The second kappa shape index (κ2) is 7.25. The lowest BCUT2D eigenvalue weighted by Gasteiger charge is -2.10. The molecule has 1 aromatic rings. The van der Waals surface area contributed by atoms with Crippen molar-refractivity contribution in [2.45, 2.75) is 26.3 Å². The minimum Gasteiger partial charge on any atom is -0.354 e. The zero-order valence-electron chi connectivity index (χ0n) is 11.0. The third-order valence-electron chi connectivity index (χ3n) is 2.53. The molecule has 1 aromatic carbocycles. The van der Waals surface area contributed by atoms with E-state index in [-0.39, 0.29) is 24.8 Å². The van der Waals surface area contributed by atoms with Gasteiger partial charge in [0, 0.05) is 23.1 Å². The first-order valence-corrected chi connectivity index (χ1v) is 6.78. The first kappa shape index (κ1) is 15.7. The van der Waals surface area contributed by atoms with Gasteiger partial charge in [-0.2, -0.15) is 0 Å². The molecule has 0 saturated heterocycles. The predicted octanol–water partition coefficient (Wildman–Crippen LogP) is 1.55. The molecule has 0 aliphatic carbocycles. The van der Waals surface area contributed by atoms with Crippen LogP contribution in [0.4, 0.5) is 5.69 Å². The zero-order valence-corrected chi connectivity index (χ0v) is 12.6. The van der Waals surface area contributed by atoms with E-state index in [4.69, 9.17) is 5.73 Å². The van der Waals surface area contributed by atoms with E-state index in [9.17, 15) is 9.59 Å². The molecule has 0 radical (unpaired) electrons. The number of carbonyl (C=O) groups excluding carboxylic acids is 2. The van der Waals surface area contributed by atoms with Gasteiger partial charge in [0.05, 0.1) is 6.04 Å². The Balaban J connectivity index is 2.41. The average Bonchev–Trinajstić information content (AvgIpc) is 2.32. The Morgan fingerprint density at radius 1 is 1.42 bits per heavy atom. The van der Waals surface area contributed by atoms with E-state index in [1.165, 1.54) is 0 Å². The molecular weight excluding hydrogens is 310 g/mol. The maximum absolute atomic E-state index is 11.7. The van der Waals surface area contributed by atoms with Crippen molar-refractivity contribution in [3.05, 3.63) is 28.2 Å². The number of hydrogen-bond donors (Lipinski definition) is 3. The third-order valence-corrected chi connectivity index (χ3v) is 3.02. The monoisotopic (exact) mass is 327 g/mol. The van der Waals surface area contributed by atoms with Gasteiger partial charge in [-0.1, -0.05) is 15.9 Å². The van der Waals surface area contributed by atoms with E-state index >= 15 is 0 Å². The lowest BCUT2D eigenvalue weighted by Crippen LogP contribution is -2.39. The molecule has 5 nitrogen and oxygen atoms in total. The number of rotatable bonds is 5. The summed E-state index contributed by atoms with van der Waals surface area (Å²) in [5.74, 6) is -0.400. The van der Waals surface area contributed by atoms with Gasteiger partial charge in [-0.05, 0) is 37.6 Å². The molecule has 0 spiro atoms. The van der Waals surface area contributed by atoms with Gasteiger partial charge >= 0.3 is 0 Å². The molecule has 19 heavy (non-hydrogen) atoms. The summed E-state index contributed by atoms with van der Waals surface area (Å²) in [6.45, 7) is 3.79. The van der Waals surface area contributed by atoms with Gasteiger partial charge in [-0.15, -0.1) is 0 Å². The number of anilines is 1. The van der Waals surface area contributed by atoms with Crippen LogP contribution in [-0.4, -0.2) is 24.4 Å². The molecule has 1 atom stereocenters. The van der Waals surface area contributed by atoms with Gasteiger partial charge in [0.2, 0.25) is 11.8 Å². The van der Waals surface area contributed by atoms with Crippen LogP contribution in [0.5, 0.6) is 0 Å². The Kier molecular flexibility index (Phi) is 5.98. The molecule has 0 saturated carbocycles. The maximum atomic E-state index is 11.7. The average molecular weight is 328 g/mol. The van der Waals surface area contributed by atoms with Crippen LogP contribution < -0.4 is 16.4 Å². The molecule has 4 N–H and O–H groups in total. The van der Waals surface area contributed by atoms with Crippen molar-refractivity contribution in [2.75, 3.05) is 11.9 Å². The largest absolute Gasteiger partial charge is 0.354 e. The number of carbonyl (C=O) groups is 2. The highest BCUT2D eigenvalue weighted by Gasteiger charge is 2.08. The van der Waals surface area contributed by atoms with Crippen molar-refractivity contribution in [3.63, 3.8) is 0 Å². The summed E-state index contributed by atoms with van der Waals surface area (Å²) in [5, 5.41) is 5.39. The van der Waals surface area contributed by atoms with Crippen LogP contribution in [-0.2, 0) is 9.59 Å². The van der Waals surface area contributed by atoms with Crippen LogP contribution in [0.1, 0.15) is 18.9 Å². The van der Waals surface area contributed by atoms with E-state index in [1.807, 2.05) is 25.1 Å². The first-order valence-electron chi connectivity index (χ1n) is 5.99. The quantitative estimate of drug-likeness (QED) is 0.767. The molecule has 0 fully saturated rings. The minimum absolute atomic E-state index is 0.143. The molecule has 0 heterocycles. The molecule has 0 unspecified atom stereocenters. The van der Waals surface area contributed by atoms with E-state index in [1.54, 1.807) is 6.92 Å². The standard InChI is InChI=1S/C13H18BrN3O2/c1-8-7-10(14)3-4-11(8)17-12(18)5-6-16-13(19)9(2)15/h3-4,7,9H,5-6,15H2,1-2H3,(H,16,19)(H,17,18)/t9-/m1/s1. The second-order valence-electron chi connectivity index (χ2n) is 4.34. The van der Waals surface area contributed by atoms with E-state index in [0.717, 1.165) is 15.7 Å². The Labute approximate surface area is 121 Å². The van der Waals surface area contributed by atoms with Crippen LogP contribution in [0.2, 0.25) is 0 Å². The smallest absolute Gasteiger partial charge is 0.236 e. The molecule has 0 bridgehead atoms. The van der Waals surface area contributed by atoms with Crippen LogP contribution in [0, 0.1) is 6.92 Å². The Bertz CT molecular complexity index is 475. The topological polar surface area (TPSA) is 84.2 Å². The van der Waals surface area contributed by atoms with Gasteiger partial charge in [-0.25, -0.2) is 0 Å². The van der Waals surface area contributed by atoms with Gasteiger partial charge in [0.25, 0.3) is 0 Å². The summed E-state index contributed by atoms with van der Waals surface area (Å²) >= 11 is 3.36. The summed E-state index contributed by atoms with van der Waals surface area (Å²) in [6, 6.07) is 5.06. The second-order valence-corrected chi connectivity index (χ2v) is 5.25. The number of aryl methyl sites for hydroxylation is 1. The molecule has 6 heteroatoms. The fraction of sp³-hybridized carbons (Fsp3) is 0.385. The van der Waals surface area contributed by atoms with Crippen LogP contribution >= 0.6 is 15.9 Å². The number of nitrogens with two attached hydrogens (primary N) is 1. The highest BCUT2D eigenvalue weighted by atomic mass is 79.9. The normalized spacial score (nSPS) is 11.8. The molecule has 0 aliphatic rings. The lowest BCUT2D eigenvalue weighted by atomic mass is 10.2. The van der Waals surface area contributed by atoms with Crippen LogP contribution in [0.3, 0.4) is 0 Å². The van der Waals surface area contributed by atoms with Crippen LogP contribution in [0.15, 0.2) is 22.7 Å². The fourth-order valence-corrected chi connectivity index (χ4v) is 1.92. The Morgan fingerprint density at radius 2 is 2.11 bits per heavy atom. The summed E-state index contributed by atoms with van der Waals surface area (Å²) < 4.78 is 0.965. The van der Waals surface area contributed by atoms with Gasteiger partial charge < -0.3 is 16.4 Å². The molecule has 104 valence electrons. The molecular formula is C13H18BrN3O2. The summed E-state index contributed by atoms with van der Waals surface area (Å²) in [4.78, 5) is 22.9. The van der Waals surface area contributed by atoms with Gasteiger partial charge in [-0.3, -0.25) is 9.59 Å². The number of amides is 2. The number of nitrogens with one attached hydrogen (secondary N) is 2. The van der Waals surface area contributed by atoms with Crippen molar-refractivity contribution in [1.29, 1.82) is 0 Å². The SMILES string of the molecule is Cc1cc(Br)ccc1NC(=O)CCNC(=O)[C@@H](C)N. The van der Waals surface area contributed by atoms with Crippen molar-refractivity contribution in [2.24, 2.45) is 5.73 Å². The highest BCUT2D eigenvalue weighted by Crippen LogP contribution is 2.19. The summed E-state index contributed by atoms with van der Waals surface area (Å²) in [5.41, 5.74) is 7.14. The Morgan fingerprint density at radius 3 is 2.68 bits per heavy atom. The number of hydrogen-bond acceptors (Lipinski definition) is 3. The zero-order chi connectivity index (χ0) is 14.4. The maximum Gasteiger partial charge on any atom is 0.236 e. The van der Waals surface area contributed by atoms with Crippen molar-refractivity contribution >= 4 is 33.4 Å². The predicted molar refractivity (Wildman–Crippen MR) is 78.8 cm³/mol. The highest BCUT2D eigenvalue weighted by molar-refractivity contribution is 9.10. The summed E-state index contributed by atoms with van der Waals surface area (Å²) in [7, 11) is 0. The van der Waals surface area contributed by atoms with E-state index < -0.39 is 6.04 Å². The number of halogens is 1. The molecule has 1 rings (SSSR count). The Hall–Kier alpha value is -1.40. The van der Waals surface area contributed by atoms with Crippen molar-refractivity contribution < 1.29 is 9.59 Å². The van der Waals surface area contributed by atoms with E-state index in [2.05, 4.69) is 26.6 Å². The molecule has 0 aromatic heterocycles. The molecule has 2 amide bonds. The van der Waals surface area contributed by atoms with Crippen molar-refractivity contribution in [3.8, 4) is 0 Å². The lowest BCUT2D eigenvalue weighted by molar-refractivity contribution is -0.122.